The number of carbonyl (C=O) groups excluding carboxylic acids is 1. The lowest BCUT2D eigenvalue weighted by molar-refractivity contribution is -0.111. The van der Waals surface area contributed by atoms with Gasteiger partial charge in [0.05, 0.1) is 0 Å². The molecule has 0 heterocycles. The van der Waals surface area contributed by atoms with Crippen LogP contribution in [0.4, 0.5) is 0 Å². The molecule has 0 aromatic rings. The third kappa shape index (κ3) is 11.8. The second-order valence-corrected chi connectivity index (χ2v) is 4.35. The highest BCUT2D eigenvalue weighted by atomic mass is 35.5. The van der Waals surface area contributed by atoms with E-state index in [0.29, 0.717) is 6.42 Å². The Kier molecular flexibility index (Phi) is 10.3. The van der Waals surface area contributed by atoms with Gasteiger partial charge < -0.3 is 10.2 Å². The summed E-state index contributed by atoms with van der Waals surface area (Å²) in [4.78, 5) is 12.8. The van der Waals surface area contributed by atoms with Crippen molar-refractivity contribution in [3.63, 3.8) is 0 Å². The summed E-state index contributed by atoms with van der Waals surface area (Å²) < 4.78 is 0. The largest absolute Gasteiger partial charge is 0.318 e. The molecule has 0 rings (SSSR count). The van der Waals surface area contributed by atoms with Gasteiger partial charge in [0.2, 0.25) is 5.24 Å². The van der Waals surface area contributed by atoms with Crippen molar-refractivity contribution in [2.45, 2.75) is 32.1 Å². The van der Waals surface area contributed by atoms with E-state index in [1.165, 1.54) is 12.8 Å². The van der Waals surface area contributed by atoms with Crippen LogP contribution < -0.4 is 5.32 Å². The first-order valence-corrected chi connectivity index (χ1v) is 6.06. The molecule has 0 aromatic carbocycles. The van der Waals surface area contributed by atoms with Gasteiger partial charge in [-0.25, -0.2) is 0 Å². The number of rotatable bonds is 10. The Bertz CT molecular complexity index is 165. The number of nitrogens with zero attached hydrogens (tertiary/aromatic N) is 1. The van der Waals surface area contributed by atoms with Crippen molar-refractivity contribution < 1.29 is 4.79 Å². The summed E-state index contributed by atoms with van der Waals surface area (Å²) in [5.41, 5.74) is 0. The highest BCUT2D eigenvalue weighted by molar-refractivity contribution is 6.63. The van der Waals surface area contributed by atoms with Crippen LogP contribution in [0.5, 0.6) is 0 Å². The van der Waals surface area contributed by atoms with Crippen molar-refractivity contribution in [1.82, 2.24) is 10.2 Å². The fourth-order valence-corrected chi connectivity index (χ4v) is 1.55. The third-order valence-electron chi connectivity index (χ3n) is 2.41. The van der Waals surface area contributed by atoms with Gasteiger partial charge in [-0.1, -0.05) is 12.8 Å². The van der Waals surface area contributed by atoms with E-state index in [1.54, 1.807) is 0 Å². The molecule has 3 nitrogen and oxygen atoms in total. The van der Waals surface area contributed by atoms with Gasteiger partial charge in [0.1, 0.15) is 0 Å². The van der Waals surface area contributed by atoms with E-state index < -0.39 is 0 Å². The molecule has 1 N–H and O–H groups in total. The normalized spacial score (nSPS) is 10.9. The lowest BCUT2D eigenvalue weighted by atomic mass is 10.1. The van der Waals surface area contributed by atoms with Gasteiger partial charge in [-0.3, -0.25) is 4.79 Å². The van der Waals surface area contributed by atoms with E-state index in [2.05, 4.69) is 17.3 Å². The molecule has 0 saturated carbocycles. The standard InChI is InChI=1S/C11H23ClN2O/c1-13-8-10-14(2)9-6-4-3-5-7-11(12)15/h13H,3-10H2,1-2H3. The molecule has 0 amide bonds. The molecule has 0 atom stereocenters. The Morgan fingerprint density at radius 1 is 1.20 bits per heavy atom. The predicted molar refractivity (Wildman–Crippen MR) is 65.4 cm³/mol. The summed E-state index contributed by atoms with van der Waals surface area (Å²) in [6.45, 7) is 3.27. The van der Waals surface area contributed by atoms with Crippen LogP contribution in [-0.2, 0) is 4.79 Å². The summed E-state index contributed by atoms with van der Waals surface area (Å²) in [5.74, 6) is 0. The molecule has 0 bridgehead atoms. The first-order valence-electron chi connectivity index (χ1n) is 5.68. The Balaban J connectivity index is 3.12. The van der Waals surface area contributed by atoms with Crippen LogP contribution in [0.15, 0.2) is 0 Å². The van der Waals surface area contributed by atoms with Crippen molar-refractivity contribution in [3.8, 4) is 0 Å². The fourth-order valence-electron chi connectivity index (χ4n) is 1.41. The summed E-state index contributed by atoms with van der Waals surface area (Å²) in [5, 5.41) is 2.92. The molecule has 4 heteroatoms. The second kappa shape index (κ2) is 10.4. The minimum absolute atomic E-state index is 0.207. The molecule has 0 aliphatic heterocycles. The van der Waals surface area contributed by atoms with E-state index in [4.69, 9.17) is 11.6 Å². The molecule has 0 spiro atoms. The van der Waals surface area contributed by atoms with Gasteiger partial charge in [-0.05, 0) is 45.1 Å². The molecule has 0 saturated heterocycles. The van der Waals surface area contributed by atoms with Crippen molar-refractivity contribution in [3.05, 3.63) is 0 Å². The maximum Gasteiger partial charge on any atom is 0.221 e. The van der Waals surface area contributed by atoms with Gasteiger partial charge in [0, 0.05) is 19.5 Å². The van der Waals surface area contributed by atoms with Crippen molar-refractivity contribution in [1.29, 1.82) is 0 Å². The molecule has 0 aliphatic carbocycles. The summed E-state index contributed by atoms with van der Waals surface area (Å²) in [7, 11) is 4.11. The number of hydrogen-bond donors (Lipinski definition) is 1. The topological polar surface area (TPSA) is 32.3 Å². The first kappa shape index (κ1) is 14.9. The zero-order valence-corrected chi connectivity index (χ0v) is 10.6. The van der Waals surface area contributed by atoms with E-state index in [0.717, 1.165) is 32.5 Å². The average Bonchev–Trinajstić information content (AvgIpc) is 2.19. The lowest BCUT2D eigenvalue weighted by Gasteiger charge is -2.15. The number of carbonyl (C=O) groups is 1. The van der Waals surface area contributed by atoms with E-state index in [-0.39, 0.29) is 5.24 Å². The number of unbranched alkanes of at least 4 members (excludes halogenated alkanes) is 3. The monoisotopic (exact) mass is 234 g/mol. The molecule has 0 radical (unpaired) electrons. The molecule has 0 unspecified atom stereocenters. The van der Waals surface area contributed by atoms with Crippen LogP contribution in [0.1, 0.15) is 32.1 Å². The molecule has 0 fully saturated rings. The van der Waals surface area contributed by atoms with E-state index in [9.17, 15) is 4.79 Å². The van der Waals surface area contributed by atoms with Gasteiger partial charge in [0.25, 0.3) is 0 Å². The number of hydrogen-bond acceptors (Lipinski definition) is 3. The van der Waals surface area contributed by atoms with Crippen LogP contribution in [0, 0.1) is 0 Å². The first-order chi connectivity index (χ1) is 7.16. The highest BCUT2D eigenvalue weighted by Crippen LogP contribution is 2.05. The SMILES string of the molecule is CNCCN(C)CCCCCCC(=O)Cl. The molecular weight excluding hydrogens is 212 g/mol. The van der Waals surface area contributed by atoms with E-state index >= 15 is 0 Å². The maximum atomic E-state index is 10.5. The molecule has 90 valence electrons. The number of nitrogens with one attached hydrogen (secondary N) is 1. The van der Waals surface area contributed by atoms with Gasteiger partial charge >= 0.3 is 0 Å². The molecular formula is C11H23ClN2O. The van der Waals surface area contributed by atoms with Crippen LogP contribution in [0.3, 0.4) is 0 Å². The minimum Gasteiger partial charge on any atom is -0.318 e. The van der Waals surface area contributed by atoms with Crippen LogP contribution >= 0.6 is 11.6 Å². The Labute approximate surface area is 98.2 Å². The van der Waals surface area contributed by atoms with Gasteiger partial charge in [-0.2, -0.15) is 0 Å². The zero-order valence-electron chi connectivity index (χ0n) is 9.89. The minimum atomic E-state index is -0.207. The van der Waals surface area contributed by atoms with Gasteiger partial charge in [-0.15, -0.1) is 0 Å². The highest BCUT2D eigenvalue weighted by Gasteiger charge is 1.98. The third-order valence-corrected chi connectivity index (χ3v) is 2.60. The van der Waals surface area contributed by atoms with Crippen LogP contribution in [0.25, 0.3) is 0 Å². The maximum absolute atomic E-state index is 10.5. The second-order valence-electron chi connectivity index (χ2n) is 3.93. The quantitative estimate of drug-likeness (QED) is 0.463. The fraction of sp³-hybridized carbons (Fsp3) is 0.909. The summed E-state index contributed by atoms with van der Waals surface area (Å²) in [6.07, 6.45) is 4.96. The van der Waals surface area contributed by atoms with Crippen molar-refractivity contribution in [2.24, 2.45) is 0 Å². The Morgan fingerprint density at radius 2 is 1.87 bits per heavy atom. The average molecular weight is 235 g/mol. The Morgan fingerprint density at radius 3 is 2.47 bits per heavy atom. The molecule has 0 aromatic heterocycles. The molecule has 0 aliphatic rings. The van der Waals surface area contributed by atoms with E-state index in [1.807, 2.05) is 7.05 Å². The van der Waals surface area contributed by atoms with Crippen LogP contribution in [-0.4, -0.2) is 43.9 Å². The Hall–Kier alpha value is -0.120. The van der Waals surface area contributed by atoms with Crippen molar-refractivity contribution in [2.75, 3.05) is 33.7 Å². The van der Waals surface area contributed by atoms with Gasteiger partial charge in [0.15, 0.2) is 0 Å². The predicted octanol–water partition coefficient (Wildman–Crippen LogP) is 1.85. The lowest BCUT2D eigenvalue weighted by Crippen LogP contribution is -2.28. The number of halogens is 1. The number of likely N-dealkylation sites (N-methyl/N-ethyl adjacent to an activating group) is 2. The van der Waals surface area contributed by atoms with Crippen molar-refractivity contribution >= 4 is 16.8 Å². The smallest absolute Gasteiger partial charge is 0.221 e. The summed E-state index contributed by atoms with van der Waals surface area (Å²) >= 11 is 5.24. The summed E-state index contributed by atoms with van der Waals surface area (Å²) in [6, 6.07) is 0. The van der Waals surface area contributed by atoms with Crippen LogP contribution in [0.2, 0.25) is 0 Å². The zero-order chi connectivity index (χ0) is 11.5. The molecule has 15 heavy (non-hydrogen) atoms.